The van der Waals surface area contributed by atoms with Crippen LogP contribution in [0.15, 0.2) is 48.5 Å². The minimum Gasteiger partial charge on any atom is -0.493 e. The van der Waals surface area contributed by atoms with Crippen molar-refractivity contribution in [2.75, 3.05) is 26.9 Å². The van der Waals surface area contributed by atoms with Crippen LogP contribution in [-0.4, -0.2) is 49.8 Å². The molecule has 0 radical (unpaired) electrons. The molecule has 33 heavy (non-hydrogen) atoms. The molecule has 2 amide bonds. The van der Waals surface area contributed by atoms with Crippen LogP contribution < -0.4 is 20.9 Å². The Bertz CT molecular complexity index is 912. The number of amides is 2. The van der Waals surface area contributed by atoms with Crippen LogP contribution in [-0.2, 0) is 22.5 Å². The maximum Gasteiger partial charge on any atom is 0.315 e. The van der Waals surface area contributed by atoms with Gasteiger partial charge < -0.3 is 30.6 Å². The molecule has 1 atom stereocenters. The topological polar surface area (TPSA) is 117 Å². The molecule has 0 fully saturated rings. The Labute approximate surface area is 195 Å². The van der Waals surface area contributed by atoms with Crippen molar-refractivity contribution in [2.24, 2.45) is 16.9 Å². The molecule has 0 aliphatic heterocycles. The summed E-state index contributed by atoms with van der Waals surface area (Å²) in [6.45, 7) is 6.35. The van der Waals surface area contributed by atoms with Crippen molar-refractivity contribution in [3.05, 3.63) is 59.7 Å². The lowest BCUT2D eigenvalue weighted by Gasteiger charge is -2.31. The van der Waals surface area contributed by atoms with Crippen molar-refractivity contribution in [3.8, 4) is 11.5 Å². The number of rotatable bonds is 11. The monoisotopic (exact) mass is 457 g/mol. The molecule has 0 unspecified atom stereocenters. The Morgan fingerprint density at radius 1 is 1.03 bits per heavy atom. The van der Waals surface area contributed by atoms with E-state index in [1.54, 1.807) is 40.0 Å². The maximum atomic E-state index is 12.5. The third-order valence-electron chi connectivity index (χ3n) is 5.01. The van der Waals surface area contributed by atoms with Gasteiger partial charge in [0.25, 0.3) is 0 Å². The summed E-state index contributed by atoms with van der Waals surface area (Å²) in [7, 11) is 1.55. The highest BCUT2D eigenvalue weighted by molar-refractivity contribution is 5.75. The lowest BCUT2D eigenvalue weighted by atomic mass is 9.97. The molecule has 0 saturated heterocycles. The Morgan fingerprint density at radius 3 is 2.30 bits per heavy atom. The van der Waals surface area contributed by atoms with Gasteiger partial charge in [-0.1, -0.05) is 36.4 Å². The zero-order valence-electron chi connectivity index (χ0n) is 19.9. The summed E-state index contributed by atoms with van der Waals surface area (Å²) in [5.74, 6) is 0.759. The van der Waals surface area contributed by atoms with Crippen molar-refractivity contribution in [1.29, 1.82) is 0 Å². The van der Waals surface area contributed by atoms with Gasteiger partial charge in [0, 0.05) is 13.1 Å². The summed E-state index contributed by atoms with van der Waals surface area (Å²) in [5.41, 5.74) is 12.4. The van der Waals surface area contributed by atoms with E-state index in [1.165, 1.54) is 4.90 Å². The van der Waals surface area contributed by atoms with Crippen LogP contribution in [0.5, 0.6) is 11.5 Å². The number of carbonyl (C=O) groups excluding carboxylic acids is 2. The number of hydrogen-bond acceptors (Lipinski definition) is 6. The van der Waals surface area contributed by atoms with E-state index in [0.29, 0.717) is 31.1 Å². The van der Waals surface area contributed by atoms with Gasteiger partial charge in [-0.15, -0.1) is 0 Å². The van der Waals surface area contributed by atoms with Crippen LogP contribution in [0.3, 0.4) is 0 Å². The second-order valence-electron chi connectivity index (χ2n) is 8.78. The van der Waals surface area contributed by atoms with Crippen molar-refractivity contribution in [2.45, 2.75) is 39.8 Å². The number of ether oxygens (including phenoxy) is 3. The smallest absolute Gasteiger partial charge is 0.315 e. The van der Waals surface area contributed by atoms with Gasteiger partial charge in [-0.25, -0.2) is 4.79 Å². The zero-order chi connectivity index (χ0) is 24.4. The van der Waals surface area contributed by atoms with E-state index in [4.69, 9.17) is 25.7 Å². The summed E-state index contributed by atoms with van der Waals surface area (Å²) in [5, 5.41) is 0. The molecule has 180 valence electrons. The number of esters is 1. The quantitative estimate of drug-likeness (QED) is 0.501. The number of hydrogen-bond donors (Lipinski definition) is 2. The average Bonchev–Trinajstić information content (AvgIpc) is 2.78. The van der Waals surface area contributed by atoms with Gasteiger partial charge in [0.1, 0.15) is 13.2 Å². The predicted molar refractivity (Wildman–Crippen MR) is 127 cm³/mol. The highest BCUT2D eigenvalue weighted by Crippen LogP contribution is 2.29. The van der Waals surface area contributed by atoms with Crippen LogP contribution in [0.2, 0.25) is 0 Å². The molecule has 2 aromatic carbocycles. The van der Waals surface area contributed by atoms with Gasteiger partial charge in [-0.05, 0) is 50.5 Å². The summed E-state index contributed by atoms with van der Waals surface area (Å²) in [4.78, 5) is 26.4. The van der Waals surface area contributed by atoms with E-state index >= 15 is 0 Å². The third-order valence-corrected chi connectivity index (χ3v) is 5.01. The Hall–Kier alpha value is -3.26. The molecule has 0 heterocycles. The van der Waals surface area contributed by atoms with E-state index in [1.807, 2.05) is 36.4 Å². The van der Waals surface area contributed by atoms with Gasteiger partial charge in [0.05, 0.1) is 18.6 Å². The van der Waals surface area contributed by atoms with Crippen molar-refractivity contribution < 1.29 is 23.8 Å². The number of carbonyl (C=O) groups is 2. The molecule has 8 nitrogen and oxygen atoms in total. The molecule has 0 bridgehead atoms. The Balaban J connectivity index is 2.28. The van der Waals surface area contributed by atoms with Gasteiger partial charge in [-0.2, -0.15) is 0 Å². The number of nitrogens with two attached hydrogens (primary N) is 2. The van der Waals surface area contributed by atoms with Gasteiger partial charge in [-0.3, -0.25) is 4.79 Å². The molecule has 2 aromatic rings. The number of benzene rings is 2. The molecule has 0 saturated carbocycles. The molecular formula is C25H35N3O5. The number of urea groups is 1. The van der Waals surface area contributed by atoms with Crippen molar-refractivity contribution in [3.63, 3.8) is 0 Å². The second-order valence-corrected chi connectivity index (χ2v) is 8.78. The largest absolute Gasteiger partial charge is 0.493 e. The zero-order valence-corrected chi connectivity index (χ0v) is 19.9. The molecule has 8 heteroatoms. The first-order chi connectivity index (χ1) is 15.7. The molecule has 2 rings (SSSR count). The standard InChI is InChI=1S/C25H35N3O5/c1-25(2,3)23(29)33-17-20(14-18-8-6-5-7-9-18)28(24(27)30)16-19-10-11-21(32-13-12-26)22(15-19)31-4/h5-11,15,20H,12-14,16-17,26H2,1-4H3,(H2,27,30)/t20-/m0/s1. The average molecular weight is 458 g/mol. The van der Waals surface area contributed by atoms with E-state index in [-0.39, 0.29) is 19.1 Å². The molecule has 0 aliphatic carbocycles. The summed E-state index contributed by atoms with van der Waals surface area (Å²) < 4.78 is 16.6. The lowest BCUT2D eigenvalue weighted by Crippen LogP contribution is -2.47. The fraction of sp³-hybridized carbons (Fsp3) is 0.440. The van der Waals surface area contributed by atoms with Crippen LogP contribution in [0.25, 0.3) is 0 Å². The Morgan fingerprint density at radius 2 is 1.73 bits per heavy atom. The third kappa shape index (κ3) is 7.98. The highest BCUT2D eigenvalue weighted by atomic mass is 16.5. The predicted octanol–water partition coefficient (Wildman–Crippen LogP) is 3.11. The van der Waals surface area contributed by atoms with Crippen LogP contribution >= 0.6 is 0 Å². The summed E-state index contributed by atoms with van der Waals surface area (Å²) in [6, 6.07) is 14.0. The molecule has 0 aliphatic rings. The van der Waals surface area contributed by atoms with Gasteiger partial charge in [0.15, 0.2) is 11.5 Å². The van der Waals surface area contributed by atoms with Gasteiger partial charge >= 0.3 is 12.0 Å². The van der Waals surface area contributed by atoms with E-state index < -0.39 is 17.5 Å². The number of primary amides is 1. The Kier molecular flexibility index (Phi) is 9.54. The number of methoxy groups -OCH3 is 1. The van der Waals surface area contributed by atoms with Crippen LogP contribution in [0, 0.1) is 5.41 Å². The van der Waals surface area contributed by atoms with Crippen molar-refractivity contribution >= 4 is 12.0 Å². The fourth-order valence-electron chi connectivity index (χ4n) is 3.22. The summed E-state index contributed by atoms with van der Waals surface area (Å²) in [6.07, 6.45) is 0.482. The maximum absolute atomic E-state index is 12.5. The highest BCUT2D eigenvalue weighted by Gasteiger charge is 2.28. The molecule has 0 aromatic heterocycles. The minimum atomic E-state index is -0.651. The van der Waals surface area contributed by atoms with E-state index in [9.17, 15) is 9.59 Å². The van der Waals surface area contributed by atoms with E-state index in [0.717, 1.165) is 11.1 Å². The number of nitrogens with zero attached hydrogens (tertiary/aromatic N) is 1. The second kappa shape index (κ2) is 12.1. The summed E-state index contributed by atoms with van der Waals surface area (Å²) >= 11 is 0. The first-order valence-corrected chi connectivity index (χ1v) is 10.9. The molecule has 4 N–H and O–H groups in total. The first kappa shape index (κ1) is 26.0. The van der Waals surface area contributed by atoms with Crippen molar-refractivity contribution in [1.82, 2.24) is 4.90 Å². The fourth-order valence-corrected chi connectivity index (χ4v) is 3.22. The molecule has 0 spiro atoms. The SMILES string of the molecule is COc1cc(CN(C(N)=O)[C@H](COC(=O)C(C)(C)C)Cc2ccccc2)ccc1OCCN. The lowest BCUT2D eigenvalue weighted by molar-refractivity contribution is -0.154. The van der Waals surface area contributed by atoms with Gasteiger partial charge in [0.2, 0.25) is 0 Å². The minimum absolute atomic E-state index is 0.0305. The molecular weight excluding hydrogens is 422 g/mol. The van der Waals surface area contributed by atoms with Crippen LogP contribution in [0.4, 0.5) is 4.79 Å². The first-order valence-electron chi connectivity index (χ1n) is 10.9. The van der Waals surface area contributed by atoms with E-state index in [2.05, 4.69) is 0 Å². The van der Waals surface area contributed by atoms with Crippen LogP contribution in [0.1, 0.15) is 31.9 Å². The normalized spacial score (nSPS) is 12.0.